The van der Waals surface area contributed by atoms with E-state index in [1.54, 1.807) is 32.0 Å². The van der Waals surface area contributed by atoms with Crippen LogP contribution in [0.25, 0.3) is 10.9 Å². The maximum Gasteiger partial charge on any atom is 0.367 e. The molecule has 0 aliphatic rings. The van der Waals surface area contributed by atoms with Crippen LogP contribution in [0.2, 0.25) is 0 Å². The Morgan fingerprint density at radius 2 is 1.97 bits per heavy atom. The molecule has 0 radical (unpaired) electrons. The van der Waals surface area contributed by atoms with Crippen molar-refractivity contribution in [3.05, 3.63) is 75.9 Å². The maximum atomic E-state index is 12.0. The number of ether oxygens (including phenoxy) is 3. The van der Waals surface area contributed by atoms with Gasteiger partial charge in [-0.1, -0.05) is 18.2 Å². The molecule has 2 heterocycles. The minimum absolute atomic E-state index is 0.339. The van der Waals surface area contributed by atoms with E-state index in [1.807, 2.05) is 49.4 Å². The third-order valence-electron chi connectivity index (χ3n) is 4.91. The first-order valence-electron chi connectivity index (χ1n) is 10.5. The Labute approximate surface area is 200 Å². The number of aromatic nitrogens is 2. The Kier molecular flexibility index (Phi) is 7.47. The Bertz CT molecular complexity index is 1260. The Balaban J connectivity index is 1.52. The molecule has 4 aromatic rings. The average molecular weight is 481 g/mol. The normalized spacial score (nSPS) is 10.9. The van der Waals surface area contributed by atoms with E-state index in [4.69, 9.17) is 14.2 Å². The highest BCUT2D eigenvalue weighted by molar-refractivity contribution is 7.98. The van der Waals surface area contributed by atoms with Crippen molar-refractivity contribution in [1.29, 1.82) is 0 Å². The Morgan fingerprint density at radius 3 is 2.73 bits per heavy atom. The molecule has 2 aromatic heterocycles. The number of nitrogens with zero attached hydrogens (tertiary/aromatic N) is 2. The number of benzene rings is 2. The monoisotopic (exact) mass is 480 g/mol. The summed E-state index contributed by atoms with van der Waals surface area (Å²) in [5.41, 5.74) is 2.73. The van der Waals surface area contributed by atoms with Crippen LogP contribution in [-0.4, -0.2) is 29.7 Å². The van der Waals surface area contributed by atoms with E-state index in [-0.39, 0.29) is 5.97 Å². The number of fused-ring (bicyclic) bond motifs is 1. The fraction of sp³-hybridized carbons (Fsp3) is 0.240. The molecule has 0 bridgehead atoms. The van der Waals surface area contributed by atoms with Crippen molar-refractivity contribution in [2.24, 2.45) is 0 Å². The van der Waals surface area contributed by atoms with Crippen LogP contribution in [0.5, 0.6) is 11.5 Å². The molecule has 170 valence electrons. The molecule has 8 heteroatoms. The van der Waals surface area contributed by atoms with E-state index in [0.29, 0.717) is 24.0 Å². The first-order valence-corrected chi connectivity index (χ1v) is 12.3. The lowest BCUT2D eigenvalue weighted by molar-refractivity contribution is 0.0525. The van der Waals surface area contributed by atoms with Crippen molar-refractivity contribution in [2.75, 3.05) is 13.7 Å². The summed E-state index contributed by atoms with van der Waals surface area (Å²) < 4.78 is 16.5. The topological polar surface area (TPSA) is 70.5 Å². The van der Waals surface area contributed by atoms with Crippen LogP contribution < -0.4 is 9.47 Å². The number of methoxy groups -OCH3 is 1. The van der Waals surface area contributed by atoms with Crippen molar-refractivity contribution in [3.63, 3.8) is 0 Å². The molecule has 0 N–H and O–H groups in total. The van der Waals surface area contributed by atoms with E-state index in [9.17, 15) is 4.79 Å². The lowest BCUT2D eigenvalue weighted by Crippen LogP contribution is -2.03. The highest BCUT2D eigenvalue weighted by atomic mass is 32.2. The van der Waals surface area contributed by atoms with Gasteiger partial charge in [-0.25, -0.2) is 9.78 Å². The molecule has 6 nitrogen and oxygen atoms in total. The van der Waals surface area contributed by atoms with Gasteiger partial charge in [-0.15, -0.1) is 23.1 Å². The van der Waals surface area contributed by atoms with Crippen molar-refractivity contribution in [2.45, 2.75) is 31.1 Å². The molecule has 0 aliphatic heterocycles. The highest BCUT2D eigenvalue weighted by Gasteiger charge is 2.16. The van der Waals surface area contributed by atoms with Crippen LogP contribution in [0.15, 0.2) is 59.6 Å². The number of esters is 1. The maximum absolute atomic E-state index is 12.0. The molecule has 0 unspecified atom stereocenters. The van der Waals surface area contributed by atoms with Crippen LogP contribution in [0.4, 0.5) is 0 Å². The van der Waals surface area contributed by atoms with Gasteiger partial charge in [-0.2, -0.15) is 0 Å². The van der Waals surface area contributed by atoms with Gasteiger partial charge in [0.05, 0.1) is 19.4 Å². The summed E-state index contributed by atoms with van der Waals surface area (Å²) in [6, 6.07) is 15.9. The number of pyridine rings is 1. The SMILES string of the molecule is CCOC(=O)c1nc(C)c(CSc2cc(OCc3ccc(OC)cc3)c3ncccc3c2)s1. The van der Waals surface area contributed by atoms with Crippen LogP contribution in [0.1, 0.15) is 32.9 Å². The molecule has 0 saturated carbocycles. The van der Waals surface area contributed by atoms with Gasteiger partial charge in [-0.05, 0) is 49.7 Å². The van der Waals surface area contributed by atoms with Crippen molar-refractivity contribution < 1.29 is 19.0 Å². The minimum atomic E-state index is -0.368. The van der Waals surface area contributed by atoms with E-state index >= 15 is 0 Å². The molecule has 2 aromatic carbocycles. The third kappa shape index (κ3) is 5.64. The summed E-state index contributed by atoms with van der Waals surface area (Å²) in [7, 11) is 1.65. The number of thioether (sulfide) groups is 1. The summed E-state index contributed by atoms with van der Waals surface area (Å²) in [5.74, 6) is 1.88. The summed E-state index contributed by atoms with van der Waals surface area (Å²) in [4.78, 5) is 23.0. The fourth-order valence-corrected chi connectivity index (χ4v) is 5.27. The molecular weight excluding hydrogens is 456 g/mol. The molecule has 0 atom stereocenters. The van der Waals surface area contributed by atoms with Gasteiger partial charge in [0.25, 0.3) is 0 Å². The summed E-state index contributed by atoms with van der Waals surface area (Å²) in [6.07, 6.45) is 1.77. The average Bonchev–Trinajstić information content (AvgIpc) is 3.22. The summed E-state index contributed by atoms with van der Waals surface area (Å²) >= 11 is 3.06. The Morgan fingerprint density at radius 1 is 1.15 bits per heavy atom. The molecule has 0 spiro atoms. The summed E-state index contributed by atoms with van der Waals surface area (Å²) in [6.45, 7) is 4.48. The smallest absolute Gasteiger partial charge is 0.367 e. The summed E-state index contributed by atoms with van der Waals surface area (Å²) in [5, 5.41) is 1.41. The molecular formula is C25H24N2O4S2. The van der Waals surface area contributed by atoms with Gasteiger partial charge < -0.3 is 14.2 Å². The van der Waals surface area contributed by atoms with Crippen LogP contribution in [-0.2, 0) is 17.1 Å². The van der Waals surface area contributed by atoms with Gasteiger partial charge in [-0.3, -0.25) is 4.98 Å². The predicted molar refractivity (Wildman–Crippen MR) is 131 cm³/mol. The highest BCUT2D eigenvalue weighted by Crippen LogP contribution is 2.34. The second-order valence-corrected chi connectivity index (χ2v) is 9.30. The lowest BCUT2D eigenvalue weighted by atomic mass is 10.2. The minimum Gasteiger partial charge on any atom is -0.497 e. The number of thiazole rings is 1. The Hall–Kier alpha value is -3.10. The van der Waals surface area contributed by atoms with Crippen LogP contribution in [0.3, 0.4) is 0 Å². The molecule has 0 amide bonds. The number of rotatable bonds is 9. The third-order valence-corrected chi connectivity index (χ3v) is 7.23. The van der Waals surface area contributed by atoms with Gasteiger partial charge in [0.1, 0.15) is 23.6 Å². The van der Waals surface area contributed by atoms with Gasteiger partial charge in [0.15, 0.2) is 0 Å². The van der Waals surface area contributed by atoms with E-state index < -0.39 is 0 Å². The van der Waals surface area contributed by atoms with Crippen LogP contribution >= 0.6 is 23.1 Å². The zero-order chi connectivity index (χ0) is 23.2. The number of carbonyl (C=O) groups is 1. The van der Waals surface area contributed by atoms with Gasteiger partial charge >= 0.3 is 5.97 Å². The molecule has 33 heavy (non-hydrogen) atoms. The number of carbonyl (C=O) groups excluding carboxylic acids is 1. The standard InChI is InChI=1S/C25H24N2O4S2/c1-4-30-25(28)24-27-16(2)22(33-24)15-32-20-12-18-6-5-11-26-23(18)21(13-20)31-14-17-7-9-19(29-3)10-8-17/h5-13H,4,14-15H2,1-3H3. The first kappa shape index (κ1) is 23.1. The second-order valence-electron chi connectivity index (χ2n) is 7.17. The second kappa shape index (κ2) is 10.7. The number of hydrogen-bond acceptors (Lipinski definition) is 8. The molecule has 4 rings (SSSR count). The fourth-order valence-electron chi connectivity index (χ4n) is 3.20. The van der Waals surface area contributed by atoms with Crippen LogP contribution in [0, 0.1) is 6.92 Å². The van der Waals surface area contributed by atoms with E-state index in [0.717, 1.165) is 43.4 Å². The molecule has 0 saturated heterocycles. The molecule has 0 aliphatic carbocycles. The van der Waals surface area contributed by atoms with Crippen molar-refractivity contribution >= 4 is 40.0 Å². The van der Waals surface area contributed by atoms with Gasteiger partial charge in [0, 0.05) is 27.1 Å². The van der Waals surface area contributed by atoms with E-state index in [2.05, 4.69) is 16.0 Å². The molecule has 0 fully saturated rings. The lowest BCUT2D eigenvalue weighted by Gasteiger charge is -2.12. The zero-order valence-corrected chi connectivity index (χ0v) is 20.3. The van der Waals surface area contributed by atoms with Crippen molar-refractivity contribution in [3.8, 4) is 11.5 Å². The quantitative estimate of drug-likeness (QED) is 0.213. The first-order chi connectivity index (χ1) is 16.1. The largest absolute Gasteiger partial charge is 0.497 e. The predicted octanol–water partition coefficient (Wildman–Crippen LogP) is 6.06. The zero-order valence-electron chi connectivity index (χ0n) is 18.7. The van der Waals surface area contributed by atoms with Gasteiger partial charge in [0.2, 0.25) is 5.01 Å². The van der Waals surface area contributed by atoms with E-state index in [1.165, 1.54) is 11.3 Å². The number of hydrogen-bond donors (Lipinski definition) is 0. The number of aryl methyl sites for hydroxylation is 1. The van der Waals surface area contributed by atoms with Crippen molar-refractivity contribution in [1.82, 2.24) is 9.97 Å².